The van der Waals surface area contributed by atoms with E-state index in [0.29, 0.717) is 34.3 Å². The molecule has 1 atom stereocenters. The van der Waals surface area contributed by atoms with Crippen molar-refractivity contribution in [3.63, 3.8) is 0 Å². The molecule has 0 bridgehead atoms. The molecule has 0 aliphatic carbocycles. The molecule has 1 aliphatic heterocycles. The summed E-state index contributed by atoms with van der Waals surface area (Å²) in [7, 11) is -3.54. The largest absolute Gasteiger partial charge is 0.326 e. The van der Waals surface area contributed by atoms with Gasteiger partial charge in [-0.15, -0.1) is 11.3 Å². The van der Waals surface area contributed by atoms with Gasteiger partial charge in [-0.25, -0.2) is 8.42 Å². The molecule has 8 heteroatoms. The summed E-state index contributed by atoms with van der Waals surface area (Å²) in [5, 5.41) is 3.48. The Morgan fingerprint density at radius 1 is 1.27 bits per heavy atom. The van der Waals surface area contributed by atoms with E-state index in [9.17, 15) is 13.2 Å². The van der Waals surface area contributed by atoms with Crippen LogP contribution in [0, 0.1) is 19.8 Å². The Labute approximate surface area is 163 Å². The van der Waals surface area contributed by atoms with Crippen LogP contribution < -0.4 is 5.32 Å². The number of thiophene rings is 1. The van der Waals surface area contributed by atoms with Crippen molar-refractivity contribution < 1.29 is 13.2 Å². The van der Waals surface area contributed by atoms with Crippen molar-refractivity contribution in [2.24, 2.45) is 5.92 Å². The molecular formula is C18H21ClN2O3S2. The standard InChI is InChI=1S/C18H21ClN2O3S2/c1-12-8-9-17(25-12)26(23,24)21-10-4-5-14(11-21)18(22)20-16-7-3-6-15(19)13(16)2/h3,6-9,14H,4-5,10-11H2,1-2H3,(H,20,22). The quantitative estimate of drug-likeness (QED) is 0.823. The lowest BCUT2D eigenvalue weighted by Crippen LogP contribution is -2.43. The third-order valence-electron chi connectivity index (χ3n) is 4.59. The number of nitrogens with one attached hydrogen (secondary N) is 1. The zero-order valence-electron chi connectivity index (χ0n) is 14.7. The van der Waals surface area contributed by atoms with E-state index in [2.05, 4.69) is 5.32 Å². The average Bonchev–Trinajstić information content (AvgIpc) is 3.06. The summed E-state index contributed by atoms with van der Waals surface area (Å²) in [5.74, 6) is -0.546. The maximum Gasteiger partial charge on any atom is 0.252 e. The Morgan fingerprint density at radius 2 is 2.04 bits per heavy atom. The number of piperidine rings is 1. The van der Waals surface area contributed by atoms with E-state index in [-0.39, 0.29) is 18.4 Å². The van der Waals surface area contributed by atoms with Crippen LogP contribution in [0.5, 0.6) is 0 Å². The number of sulfonamides is 1. The molecule has 140 valence electrons. The van der Waals surface area contributed by atoms with Gasteiger partial charge in [-0.05, 0) is 56.5 Å². The van der Waals surface area contributed by atoms with Crippen molar-refractivity contribution in [1.29, 1.82) is 0 Å². The van der Waals surface area contributed by atoms with Crippen molar-refractivity contribution in [3.05, 3.63) is 45.8 Å². The van der Waals surface area contributed by atoms with Crippen molar-refractivity contribution in [2.45, 2.75) is 30.9 Å². The van der Waals surface area contributed by atoms with E-state index in [1.54, 1.807) is 30.3 Å². The Kier molecular flexibility index (Phi) is 5.72. The van der Waals surface area contributed by atoms with Gasteiger partial charge in [0.15, 0.2) is 0 Å². The van der Waals surface area contributed by atoms with Crippen LogP contribution in [-0.4, -0.2) is 31.7 Å². The molecule has 0 spiro atoms. The van der Waals surface area contributed by atoms with Gasteiger partial charge in [0.1, 0.15) is 4.21 Å². The fourth-order valence-corrected chi connectivity index (χ4v) is 6.17. The molecule has 1 aromatic carbocycles. The molecule has 1 aromatic heterocycles. The summed E-state index contributed by atoms with van der Waals surface area (Å²) in [4.78, 5) is 13.6. The molecular weight excluding hydrogens is 392 g/mol. The van der Waals surface area contributed by atoms with Gasteiger partial charge in [0.25, 0.3) is 10.0 Å². The number of anilines is 1. The summed E-state index contributed by atoms with van der Waals surface area (Å²) >= 11 is 7.36. The second-order valence-electron chi connectivity index (χ2n) is 6.47. The van der Waals surface area contributed by atoms with Crippen LogP contribution in [0.3, 0.4) is 0 Å². The van der Waals surface area contributed by atoms with E-state index >= 15 is 0 Å². The number of carbonyl (C=O) groups is 1. The molecule has 0 saturated carbocycles. The fourth-order valence-electron chi connectivity index (χ4n) is 3.03. The summed E-state index contributed by atoms with van der Waals surface area (Å²) in [6, 6.07) is 8.78. The van der Waals surface area contributed by atoms with Gasteiger partial charge >= 0.3 is 0 Å². The van der Waals surface area contributed by atoms with Gasteiger partial charge in [-0.1, -0.05) is 17.7 Å². The predicted molar refractivity (Wildman–Crippen MR) is 105 cm³/mol. The second kappa shape index (κ2) is 7.68. The van der Waals surface area contributed by atoms with E-state index in [4.69, 9.17) is 11.6 Å². The van der Waals surface area contributed by atoms with Gasteiger partial charge in [-0.2, -0.15) is 4.31 Å². The van der Waals surface area contributed by atoms with E-state index < -0.39 is 10.0 Å². The zero-order valence-corrected chi connectivity index (χ0v) is 17.0. The van der Waals surface area contributed by atoms with Gasteiger partial charge in [0.2, 0.25) is 5.91 Å². The molecule has 1 saturated heterocycles. The number of hydrogen-bond donors (Lipinski definition) is 1. The highest BCUT2D eigenvalue weighted by Crippen LogP contribution is 2.29. The minimum Gasteiger partial charge on any atom is -0.326 e. The molecule has 2 heterocycles. The Bertz CT molecular complexity index is 924. The molecule has 0 radical (unpaired) electrons. The van der Waals surface area contributed by atoms with Crippen LogP contribution >= 0.6 is 22.9 Å². The summed E-state index contributed by atoms with van der Waals surface area (Å²) in [5.41, 5.74) is 1.47. The number of benzene rings is 1. The summed E-state index contributed by atoms with van der Waals surface area (Å²) in [6.45, 7) is 4.36. The first-order chi connectivity index (χ1) is 12.3. The first-order valence-electron chi connectivity index (χ1n) is 8.41. The van der Waals surface area contributed by atoms with Crippen LogP contribution in [0.25, 0.3) is 0 Å². The molecule has 3 rings (SSSR count). The third-order valence-corrected chi connectivity index (χ3v) is 8.33. The summed E-state index contributed by atoms with van der Waals surface area (Å²) < 4.78 is 27.4. The number of halogens is 1. The predicted octanol–water partition coefficient (Wildman–Crippen LogP) is 4.06. The van der Waals surface area contributed by atoms with Crippen molar-refractivity contribution >= 4 is 44.6 Å². The minimum atomic E-state index is -3.54. The highest BCUT2D eigenvalue weighted by Gasteiger charge is 2.34. The molecule has 5 nitrogen and oxygen atoms in total. The lowest BCUT2D eigenvalue weighted by molar-refractivity contribution is -0.120. The normalized spacial score (nSPS) is 18.7. The van der Waals surface area contributed by atoms with E-state index in [0.717, 1.165) is 10.4 Å². The number of aryl methyl sites for hydroxylation is 1. The van der Waals surface area contributed by atoms with Crippen molar-refractivity contribution in [2.75, 3.05) is 18.4 Å². The van der Waals surface area contributed by atoms with Crippen LogP contribution in [0.15, 0.2) is 34.5 Å². The number of amides is 1. The fraction of sp³-hybridized carbons (Fsp3) is 0.389. The van der Waals surface area contributed by atoms with Gasteiger partial charge in [0, 0.05) is 28.7 Å². The molecule has 1 amide bonds. The van der Waals surface area contributed by atoms with Gasteiger partial charge in [0.05, 0.1) is 5.92 Å². The lowest BCUT2D eigenvalue weighted by atomic mass is 9.98. The smallest absolute Gasteiger partial charge is 0.252 e. The maximum atomic E-state index is 12.8. The number of hydrogen-bond acceptors (Lipinski definition) is 4. The Balaban J connectivity index is 1.74. The SMILES string of the molecule is Cc1ccc(S(=O)(=O)N2CCCC(C(=O)Nc3cccc(Cl)c3C)C2)s1. The highest BCUT2D eigenvalue weighted by molar-refractivity contribution is 7.91. The molecule has 26 heavy (non-hydrogen) atoms. The molecule has 2 aromatic rings. The average molecular weight is 413 g/mol. The first kappa shape index (κ1) is 19.4. The Morgan fingerprint density at radius 3 is 2.73 bits per heavy atom. The van der Waals surface area contributed by atoms with Gasteiger partial charge < -0.3 is 5.32 Å². The molecule has 1 unspecified atom stereocenters. The van der Waals surface area contributed by atoms with Crippen molar-refractivity contribution in [3.8, 4) is 0 Å². The number of nitrogens with zero attached hydrogens (tertiary/aromatic N) is 1. The maximum absolute atomic E-state index is 12.8. The van der Waals surface area contributed by atoms with Crippen molar-refractivity contribution in [1.82, 2.24) is 4.31 Å². The minimum absolute atomic E-state index is 0.169. The van der Waals surface area contributed by atoms with E-state index in [1.165, 1.54) is 15.6 Å². The molecule has 1 aliphatic rings. The number of carbonyl (C=O) groups excluding carboxylic acids is 1. The Hall–Kier alpha value is -1.41. The van der Waals surface area contributed by atoms with Crippen LogP contribution in [0.2, 0.25) is 5.02 Å². The third kappa shape index (κ3) is 3.96. The van der Waals surface area contributed by atoms with Crippen LogP contribution in [0.1, 0.15) is 23.3 Å². The van der Waals surface area contributed by atoms with Crippen LogP contribution in [-0.2, 0) is 14.8 Å². The molecule has 1 N–H and O–H groups in total. The van der Waals surface area contributed by atoms with E-state index in [1.807, 2.05) is 13.8 Å². The van der Waals surface area contributed by atoms with Crippen LogP contribution in [0.4, 0.5) is 5.69 Å². The second-order valence-corrected chi connectivity index (χ2v) is 10.3. The topological polar surface area (TPSA) is 66.5 Å². The van der Waals surface area contributed by atoms with Gasteiger partial charge in [-0.3, -0.25) is 4.79 Å². The number of rotatable bonds is 4. The highest BCUT2D eigenvalue weighted by atomic mass is 35.5. The lowest BCUT2D eigenvalue weighted by Gasteiger charge is -2.31. The molecule has 1 fully saturated rings. The zero-order chi connectivity index (χ0) is 18.9. The first-order valence-corrected chi connectivity index (χ1v) is 11.0. The monoisotopic (exact) mass is 412 g/mol. The summed E-state index contributed by atoms with van der Waals surface area (Å²) in [6.07, 6.45) is 1.33.